The van der Waals surface area contributed by atoms with Gasteiger partial charge in [-0.05, 0) is 45.6 Å². The van der Waals surface area contributed by atoms with Gasteiger partial charge < -0.3 is 10.2 Å². The summed E-state index contributed by atoms with van der Waals surface area (Å²) >= 11 is 0. The van der Waals surface area contributed by atoms with Crippen LogP contribution in [0.5, 0.6) is 0 Å². The van der Waals surface area contributed by atoms with Crippen LogP contribution >= 0.6 is 0 Å². The Bertz CT molecular complexity index is 411. The molecular formula is C15H22N2O. The second-order valence-electron chi connectivity index (χ2n) is 4.70. The molecule has 0 aliphatic carbocycles. The zero-order valence-electron chi connectivity index (χ0n) is 11.4. The Morgan fingerprint density at radius 3 is 2.83 bits per heavy atom. The highest BCUT2D eigenvalue weighted by Crippen LogP contribution is 2.05. The van der Waals surface area contributed by atoms with Gasteiger partial charge in [-0.15, -0.1) is 0 Å². The summed E-state index contributed by atoms with van der Waals surface area (Å²) in [5.41, 5.74) is 2.25. The summed E-state index contributed by atoms with van der Waals surface area (Å²) in [6, 6.07) is 8.07. The predicted octanol–water partition coefficient (Wildman–Crippen LogP) is 2.08. The number of rotatable bonds is 6. The van der Waals surface area contributed by atoms with E-state index in [4.69, 9.17) is 0 Å². The molecule has 0 spiro atoms. The zero-order valence-corrected chi connectivity index (χ0v) is 11.4. The molecule has 0 radical (unpaired) electrons. The molecule has 3 heteroatoms. The lowest BCUT2D eigenvalue weighted by atomic mass is 10.1. The maximum atomic E-state index is 11.5. The molecule has 1 aromatic carbocycles. The van der Waals surface area contributed by atoms with Crippen LogP contribution in [0, 0.1) is 6.92 Å². The highest BCUT2D eigenvalue weighted by Gasteiger charge is 1.95. The van der Waals surface area contributed by atoms with Crippen molar-refractivity contribution in [2.75, 3.05) is 27.2 Å². The molecule has 1 aromatic rings. The molecule has 1 N–H and O–H groups in total. The third-order valence-corrected chi connectivity index (χ3v) is 2.55. The van der Waals surface area contributed by atoms with E-state index in [9.17, 15) is 4.79 Å². The third-order valence-electron chi connectivity index (χ3n) is 2.55. The standard InChI is InChI=1S/C15H22N2O/c1-13-6-4-7-14(12-13)8-9-15(18)16-10-5-11-17(2)3/h4,6-9,12H,5,10-11H2,1-3H3,(H,16,18). The van der Waals surface area contributed by atoms with Crippen LogP contribution in [0.25, 0.3) is 6.08 Å². The summed E-state index contributed by atoms with van der Waals surface area (Å²) in [6.45, 7) is 3.75. The van der Waals surface area contributed by atoms with E-state index >= 15 is 0 Å². The summed E-state index contributed by atoms with van der Waals surface area (Å²) < 4.78 is 0. The van der Waals surface area contributed by atoms with Crippen molar-refractivity contribution in [1.29, 1.82) is 0 Å². The van der Waals surface area contributed by atoms with Gasteiger partial charge in [0.25, 0.3) is 0 Å². The Labute approximate surface area is 109 Å². The van der Waals surface area contributed by atoms with E-state index in [0.29, 0.717) is 0 Å². The Balaban J connectivity index is 2.31. The van der Waals surface area contributed by atoms with Gasteiger partial charge >= 0.3 is 0 Å². The first-order valence-electron chi connectivity index (χ1n) is 6.25. The monoisotopic (exact) mass is 246 g/mol. The van der Waals surface area contributed by atoms with Gasteiger partial charge in [-0.3, -0.25) is 4.79 Å². The van der Waals surface area contributed by atoms with Crippen molar-refractivity contribution in [1.82, 2.24) is 10.2 Å². The number of nitrogens with one attached hydrogen (secondary N) is 1. The van der Waals surface area contributed by atoms with Crippen molar-refractivity contribution in [3.63, 3.8) is 0 Å². The summed E-state index contributed by atoms with van der Waals surface area (Å²) in [7, 11) is 4.05. The molecule has 1 amide bonds. The van der Waals surface area contributed by atoms with Crippen molar-refractivity contribution < 1.29 is 4.79 Å². The fraction of sp³-hybridized carbons (Fsp3) is 0.400. The van der Waals surface area contributed by atoms with E-state index in [-0.39, 0.29) is 5.91 Å². The van der Waals surface area contributed by atoms with Crippen molar-refractivity contribution in [2.24, 2.45) is 0 Å². The van der Waals surface area contributed by atoms with Gasteiger partial charge in [0.2, 0.25) is 5.91 Å². The highest BCUT2D eigenvalue weighted by atomic mass is 16.1. The van der Waals surface area contributed by atoms with Crippen LogP contribution in [0.1, 0.15) is 17.5 Å². The molecule has 0 bridgehead atoms. The van der Waals surface area contributed by atoms with E-state index in [1.54, 1.807) is 6.08 Å². The normalized spacial score (nSPS) is 11.1. The smallest absolute Gasteiger partial charge is 0.243 e. The first kappa shape index (κ1) is 14.5. The maximum Gasteiger partial charge on any atom is 0.243 e. The first-order chi connectivity index (χ1) is 8.58. The van der Waals surface area contributed by atoms with E-state index in [1.165, 1.54) is 5.56 Å². The molecule has 0 aliphatic heterocycles. The predicted molar refractivity (Wildman–Crippen MR) is 76.4 cm³/mol. The van der Waals surface area contributed by atoms with Crippen molar-refractivity contribution in [2.45, 2.75) is 13.3 Å². The average Bonchev–Trinajstić information content (AvgIpc) is 2.32. The van der Waals surface area contributed by atoms with Crippen LogP contribution in [-0.2, 0) is 4.79 Å². The van der Waals surface area contributed by atoms with Crippen LogP contribution in [0.3, 0.4) is 0 Å². The Morgan fingerprint density at radius 2 is 2.17 bits per heavy atom. The number of amides is 1. The fourth-order valence-electron chi connectivity index (χ4n) is 1.61. The van der Waals surface area contributed by atoms with Crippen LogP contribution in [0.15, 0.2) is 30.3 Å². The molecule has 0 heterocycles. The Morgan fingerprint density at radius 1 is 1.39 bits per heavy atom. The van der Waals surface area contributed by atoms with Crippen LogP contribution in [0.2, 0.25) is 0 Å². The van der Waals surface area contributed by atoms with Crippen LogP contribution in [0.4, 0.5) is 0 Å². The third kappa shape index (κ3) is 6.21. The molecule has 18 heavy (non-hydrogen) atoms. The number of carbonyl (C=O) groups is 1. The molecule has 3 nitrogen and oxygen atoms in total. The minimum absolute atomic E-state index is 0.0322. The number of nitrogens with zero attached hydrogens (tertiary/aromatic N) is 1. The second-order valence-corrected chi connectivity index (χ2v) is 4.70. The van der Waals surface area contributed by atoms with Crippen molar-refractivity contribution in [3.05, 3.63) is 41.5 Å². The fourth-order valence-corrected chi connectivity index (χ4v) is 1.61. The van der Waals surface area contributed by atoms with Crippen LogP contribution in [-0.4, -0.2) is 38.0 Å². The largest absolute Gasteiger partial charge is 0.353 e. The zero-order chi connectivity index (χ0) is 13.4. The lowest BCUT2D eigenvalue weighted by molar-refractivity contribution is -0.116. The molecule has 0 saturated carbocycles. The number of benzene rings is 1. The van der Waals surface area contributed by atoms with E-state index in [1.807, 2.05) is 45.3 Å². The maximum absolute atomic E-state index is 11.5. The van der Waals surface area contributed by atoms with E-state index < -0.39 is 0 Å². The van der Waals surface area contributed by atoms with Gasteiger partial charge in [-0.2, -0.15) is 0 Å². The van der Waals surface area contributed by atoms with Gasteiger partial charge in [0.1, 0.15) is 0 Å². The molecule has 0 fully saturated rings. The molecule has 0 unspecified atom stereocenters. The summed E-state index contributed by atoms with van der Waals surface area (Å²) in [6.07, 6.45) is 4.40. The van der Waals surface area contributed by atoms with Gasteiger partial charge in [-0.25, -0.2) is 0 Å². The number of hydrogen-bond donors (Lipinski definition) is 1. The molecule has 0 aliphatic rings. The number of hydrogen-bond acceptors (Lipinski definition) is 2. The van der Waals surface area contributed by atoms with Crippen LogP contribution < -0.4 is 5.32 Å². The number of carbonyl (C=O) groups excluding carboxylic acids is 1. The molecule has 0 saturated heterocycles. The molecule has 98 valence electrons. The molecule has 1 rings (SSSR count). The highest BCUT2D eigenvalue weighted by molar-refractivity contribution is 5.91. The Kier molecular flexibility index (Phi) is 6.15. The minimum Gasteiger partial charge on any atom is -0.353 e. The summed E-state index contributed by atoms with van der Waals surface area (Å²) in [4.78, 5) is 13.6. The van der Waals surface area contributed by atoms with Gasteiger partial charge in [0, 0.05) is 12.6 Å². The first-order valence-corrected chi connectivity index (χ1v) is 6.25. The Hall–Kier alpha value is -1.61. The van der Waals surface area contributed by atoms with Gasteiger partial charge in [0.05, 0.1) is 0 Å². The van der Waals surface area contributed by atoms with E-state index in [0.717, 1.165) is 25.1 Å². The van der Waals surface area contributed by atoms with E-state index in [2.05, 4.69) is 16.3 Å². The quantitative estimate of drug-likeness (QED) is 0.615. The molecular weight excluding hydrogens is 224 g/mol. The van der Waals surface area contributed by atoms with Gasteiger partial charge in [-0.1, -0.05) is 29.8 Å². The molecule has 0 atom stereocenters. The average molecular weight is 246 g/mol. The topological polar surface area (TPSA) is 32.3 Å². The van der Waals surface area contributed by atoms with Crippen molar-refractivity contribution in [3.8, 4) is 0 Å². The minimum atomic E-state index is -0.0322. The number of aryl methyl sites for hydroxylation is 1. The SMILES string of the molecule is Cc1cccc(C=CC(=O)NCCCN(C)C)c1. The lowest BCUT2D eigenvalue weighted by Gasteiger charge is -2.08. The van der Waals surface area contributed by atoms with Gasteiger partial charge in [0.15, 0.2) is 0 Å². The summed E-state index contributed by atoms with van der Waals surface area (Å²) in [5.74, 6) is -0.0322. The second kappa shape index (κ2) is 7.67. The molecule has 0 aromatic heterocycles. The lowest BCUT2D eigenvalue weighted by Crippen LogP contribution is -2.25. The van der Waals surface area contributed by atoms with Crippen molar-refractivity contribution >= 4 is 12.0 Å². The summed E-state index contributed by atoms with van der Waals surface area (Å²) in [5, 5.41) is 2.87.